The third-order valence-electron chi connectivity index (χ3n) is 2.97. The van der Waals surface area contributed by atoms with Crippen LogP contribution in [0.2, 0.25) is 0 Å². The molecule has 2 N–H and O–H groups in total. The van der Waals surface area contributed by atoms with Crippen LogP contribution in [0.15, 0.2) is 23.1 Å². The van der Waals surface area contributed by atoms with Crippen molar-refractivity contribution in [1.29, 1.82) is 0 Å². The van der Waals surface area contributed by atoms with Crippen LogP contribution in [0.4, 0.5) is 10.1 Å². The number of rotatable bonds is 3. The Morgan fingerprint density at radius 3 is 2.35 bits per heavy atom. The predicted molar refractivity (Wildman–Crippen MR) is 63.8 cm³/mol. The molecule has 0 spiro atoms. The number of hydrogen-bond donors (Lipinski definition) is 2. The van der Waals surface area contributed by atoms with Crippen LogP contribution in [0.5, 0.6) is 0 Å². The highest BCUT2D eigenvalue weighted by Gasteiger charge is 2.39. The smallest absolute Gasteiger partial charge is 0.270 e. The zero-order valence-electron chi connectivity index (χ0n) is 10.0. The number of halogens is 1. The fraction of sp³-hybridized carbons (Fsp3) is 0.400. The number of nitro benzene ring substituents is 1. The van der Waals surface area contributed by atoms with Gasteiger partial charge < -0.3 is 10.2 Å². The minimum atomic E-state index is -4.36. The number of β-amino-alcohol motifs (C(OH)–C–C–N with tert-alkyl or cyclic N) is 2. The third kappa shape index (κ3) is 2.50. The van der Waals surface area contributed by atoms with E-state index < -0.39 is 56.6 Å². The molecule has 0 unspecified atom stereocenters. The molecule has 10 heteroatoms. The molecule has 2 atom stereocenters. The van der Waals surface area contributed by atoms with Crippen LogP contribution in [-0.4, -0.2) is 53.2 Å². The summed E-state index contributed by atoms with van der Waals surface area (Å²) in [5.41, 5.74) is -0.565. The number of non-ortho nitro benzene ring substituents is 1. The Bertz CT molecular complexity index is 639. The maximum Gasteiger partial charge on any atom is 0.270 e. The Morgan fingerprint density at radius 2 is 1.85 bits per heavy atom. The second kappa shape index (κ2) is 5.05. The standard InChI is InChI=1S/C10H11FN2O6S/c11-7-2-1-6(13(16)17)3-10(7)20(18,19)12-4-8(14)9(15)5-12/h1-3,8-9,14-15H,4-5H2/t8-,9+. The maximum atomic E-state index is 13.6. The molecule has 1 heterocycles. The molecule has 1 aromatic rings. The van der Waals surface area contributed by atoms with Crippen LogP contribution in [0.25, 0.3) is 0 Å². The van der Waals surface area contributed by atoms with Gasteiger partial charge in [-0.1, -0.05) is 0 Å². The number of aliphatic hydroxyl groups excluding tert-OH is 2. The SMILES string of the molecule is O=[N+]([O-])c1ccc(F)c(S(=O)(=O)N2C[C@@H](O)[C@@H](O)C2)c1. The van der Waals surface area contributed by atoms with Gasteiger partial charge in [-0.05, 0) is 6.07 Å². The van der Waals surface area contributed by atoms with E-state index in [1.807, 2.05) is 0 Å². The molecule has 2 rings (SSSR count). The van der Waals surface area contributed by atoms with Gasteiger partial charge in [-0.15, -0.1) is 0 Å². The summed E-state index contributed by atoms with van der Waals surface area (Å²) < 4.78 is 38.6. The molecule has 0 saturated carbocycles. The van der Waals surface area contributed by atoms with Gasteiger partial charge >= 0.3 is 0 Å². The summed E-state index contributed by atoms with van der Waals surface area (Å²) in [6, 6.07) is 2.15. The van der Waals surface area contributed by atoms with Gasteiger partial charge in [-0.2, -0.15) is 4.31 Å². The maximum absolute atomic E-state index is 13.6. The summed E-state index contributed by atoms with van der Waals surface area (Å²) in [5.74, 6) is -1.13. The van der Waals surface area contributed by atoms with E-state index in [1.165, 1.54) is 0 Å². The average Bonchev–Trinajstić information content (AvgIpc) is 2.70. The Kier molecular flexibility index (Phi) is 3.73. The number of benzene rings is 1. The predicted octanol–water partition coefficient (Wildman–Crippen LogP) is -0.540. The highest BCUT2D eigenvalue weighted by molar-refractivity contribution is 7.89. The molecule has 0 aromatic heterocycles. The van der Waals surface area contributed by atoms with Crippen molar-refractivity contribution >= 4 is 15.7 Å². The molecule has 110 valence electrons. The first-order valence-electron chi connectivity index (χ1n) is 5.53. The summed E-state index contributed by atoms with van der Waals surface area (Å²) in [5, 5.41) is 29.3. The molecule has 0 bridgehead atoms. The van der Waals surface area contributed by atoms with E-state index in [0.717, 1.165) is 6.07 Å². The minimum Gasteiger partial charge on any atom is -0.389 e. The number of nitro groups is 1. The summed E-state index contributed by atoms with van der Waals surface area (Å²) in [7, 11) is -4.36. The van der Waals surface area contributed by atoms with E-state index >= 15 is 0 Å². The molecule has 1 aliphatic heterocycles. The fourth-order valence-corrected chi connectivity index (χ4v) is 3.43. The second-order valence-corrected chi connectivity index (χ2v) is 6.23. The van der Waals surface area contributed by atoms with Crippen molar-refractivity contribution in [1.82, 2.24) is 4.31 Å². The normalized spacial score (nSPS) is 23.9. The lowest BCUT2D eigenvalue weighted by Crippen LogP contribution is -2.30. The van der Waals surface area contributed by atoms with Crippen molar-refractivity contribution in [3.8, 4) is 0 Å². The molecular formula is C10H11FN2O6S. The zero-order valence-corrected chi connectivity index (χ0v) is 10.8. The van der Waals surface area contributed by atoms with Gasteiger partial charge in [0.25, 0.3) is 5.69 Å². The minimum absolute atomic E-state index is 0.397. The molecule has 1 aromatic carbocycles. The quantitative estimate of drug-likeness (QED) is 0.571. The first-order chi connectivity index (χ1) is 9.23. The summed E-state index contributed by atoms with van der Waals surface area (Å²) >= 11 is 0. The van der Waals surface area contributed by atoms with Crippen molar-refractivity contribution in [2.75, 3.05) is 13.1 Å². The van der Waals surface area contributed by atoms with Gasteiger partial charge in [0, 0.05) is 25.2 Å². The van der Waals surface area contributed by atoms with Crippen LogP contribution in [0, 0.1) is 15.9 Å². The van der Waals surface area contributed by atoms with E-state index in [4.69, 9.17) is 0 Å². The number of sulfonamides is 1. The molecule has 0 aliphatic carbocycles. The van der Waals surface area contributed by atoms with Crippen molar-refractivity contribution in [3.05, 3.63) is 34.1 Å². The first-order valence-corrected chi connectivity index (χ1v) is 6.97. The van der Waals surface area contributed by atoms with E-state index in [0.29, 0.717) is 16.4 Å². The van der Waals surface area contributed by atoms with Crippen LogP contribution in [0.1, 0.15) is 0 Å². The van der Waals surface area contributed by atoms with Crippen LogP contribution in [0.3, 0.4) is 0 Å². The second-order valence-electron chi connectivity index (χ2n) is 4.33. The van der Waals surface area contributed by atoms with Crippen molar-refractivity contribution < 1.29 is 27.9 Å². The summed E-state index contributed by atoms with van der Waals surface area (Å²) in [6.45, 7) is -0.794. The van der Waals surface area contributed by atoms with Crippen LogP contribution >= 0.6 is 0 Å². The zero-order chi connectivity index (χ0) is 15.1. The largest absolute Gasteiger partial charge is 0.389 e. The van der Waals surface area contributed by atoms with Gasteiger partial charge in [-0.3, -0.25) is 10.1 Å². The van der Waals surface area contributed by atoms with Crippen LogP contribution in [-0.2, 0) is 10.0 Å². The molecule has 0 radical (unpaired) electrons. The fourth-order valence-electron chi connectivity index (χ4n) is 1.87. The number of nitrogens with zero attached hydrogens (tertiary/aromatic N) is 2. The number of hydrogen-bond acceptors (Lipinski definition) is 6. The Balaban J connectivity index is 2.44. The highest BCUT2D eigenvalue weighted by atomic mass is 32.2. The average molecular weight is 306 g/mol. The molecule has 1 aliphatic rings. The molecule has 1 fully saturated rings. The summed E-state index contributed by atoms with van der Waals surface area (Å²) in [4.78, 5) is 8.92. The summed E-state index contributed by atoms with van der Waals surface area (Å²) in [6.07, 6.45) is -2.54. The topological polar surface area (TPSA) is 121 Å². The Labute approximate surface area is 113 Å². The van der Waals surface area contributed by atoms with E-state index in [9.17, 15) is 33.1 Å². The van der Waals surface area contributed by atoms with Gasteiger partial charge in [0.05, 0.1) is 17.1 Å². The van der Waals surface area contributed by atoms with Crippen molar-refractivity contribution in [3.63, 3.8) is 0 Å². The Hall–Kier alpha value is -1.62. The third-order valence-corrected chi connectivity index (χ3v) is 4.82. The highest BCUT2D eigenvalue weighted by Crippen LogP contribution is 2.26. The van der Waals surface area contributed by atoms with E-state index in [2.05, 4.69) is 0 Å². The lowest BCUT2D eigenvalue weighted by molar-refractivity contribution is -0.385. The molecule has 0 amide bonds. The lowest BCUT2D eigenvalue weighted by Gasteiger charge is -2.15. The van der Waals surface area contributed by atoms with E-state index in [1.54, 1.807) is 0 Å². The molecule has 1 saturated heterocycles. The lowest BCUT2D eigenvalue weighted by atomic mass is 10.3. The molecular weight excluding hydrogens is 295 g/mol. The van der Waals surface area contributed by atoms with Crippen molar-refractivity contribution in [2.45, 2.75) is 17.1 Å². The van der Waals surface area contributed by atoms with E-state index in [-0.39, 0.29) is 0 Å². The van der Waals surface area contributed by atoms with Gasteiger partial charge in [0.2, 0.25) is 10.0 Å². The van der Waals surface area contributed by atoms with Gasteiger partial charge in [0.15, 0.2) is 0 Å². The monoisotopic (exact) mass is 306 g/mol. The van der Waals surface area contributed by atoms with Gasteiger partial charge in [0.1, 0.15) is 10.7 Å². The van der Waals surface area contributed by atoms with Crippen LogP contribution < -0.4 is 0 Å². The first kappa shape index (κ1) is 14.8. The Morgan fingerprint density at radius 1 is 1.30 bits per heavy atom. The molecule has 8 nitrogen and oxygen atoms in total. The van der Waals surface area contributed by atoms with Crippen molar-refractivity contribution in [2.24, 2.45) is 0 Å². The molecule has 20 heavy (non-hydrogen) atoms. The van der Waals surface area contributed by atoms with Gasteiger partial charge in [-0.25, -0.2) is 12.8 Å². The number of aliphatic hydroxyl groups is 2.